The standard InChI is InChI=1S/C13H12N4/c1-17-8-9(6-16-17)13-11-5-3-2-4-10(11)12(14)7-15-13/h2-8H,14H2,1H3. The first kappa shape index (κ1) is 9.84. The number of benzene rings is 1. The van der Waals surface area contributed by atoms with E-state index in [9.17, 15) is 0 Å². The highest BCUT2D eigenvalue weighted by molar-refractivity contribution is 6.00. The van der Waals surface area contributed by atoms with E-state index in [0.29, 0.717) is 5.69 Å². The summed E-state index contributed by atoms with van der Waals surface area (Å²) in [6.45, 7) is 0. The quantitative estimate of drug-likeness (QED) is 0.689. The molecule has 0 saturated heterocycles. The molecular weight excluding hydrogens is 212 g/mol. The van der Waals surface area contributed by atoms with Crippen LogP contribution in [0.2, 0.25) is 0 Å². The van der Waals surface area contributed by atoms with Gasteiger partial charge >= 0.3 is 0 Å². The number of rotatable bonds is 1. The summed E-state index contributed by atoms with van der Waals surface area (Å²) in [4.78, 5) is 4.41. The summed E-state index contributed by atoms with van der Waals surface area (Å²) in [5.41, 5.74) is 8.55. The minimum Gasteiger partial charge on any atom is -0.397 e. The fourth-order valence-corrected chi connectivity index (χ4v) is 1.99. The first-order chi connectivity index (χ1) is 8.25. The number of nitrogens with two attached hydrogens (primary N) is 1. The molecule has 2 aromatic heterocycles. The summed E-state index contributed by atoms with van der Waals surface area (Å²) < 4.78 is 1.77. The maximum atomic E-state index is 5.93. The zero-order valence-corrected chi connectivity index (χ0v) is 9.46. The summed E-state index contributed by atoms with van der Waals surface area (Å²) in [6, 6.07) is 8.00. The van der Waals surface area contributed by atoms with Crippen LogP contribution in [0, 0.1) is 0 Å². The van der Waals surface area contributed by atoms with Gasteiger partial charge in [0, 0.05) is 29.6 Å². The Morgan fingerprint density at radius 1 is 1.12 bits per heavy atom. The van der Waals surface area contributed by atoms with Crippen LogP contribution in [0.5, 0.6) is 0 Å². The lowest BCUT2D eigenvalue weighted by Gasteiger charge is -2.05. The predicted molar refractivity (Wildman–Crippen MR) is 68.4 cm³/mol. The molecule has 2 heterocycles. The van der Waals surface area contributed by atoms with Crippen LogP contribution in [0.4, 0.5) is 5.69 Å². The molecule has 4 nitrogen and oxygen atoms in total. The molecule has 0 amide bonds. The first-order valence-corrected chi connectivity index (χ1v) is 5.38. The Bertz CT molecular complexity index is 685. The Morgan fingerprint density at radius 2 is 1.88 bits per heavy atom. The van der Waals surface area contributed by atoms with Crippen molar-refractivity contribution in [3.8, 4) is 11.3 Å². The number of pyridine rings is 1. The van der Waals surface area contributed by atoms with Gasteiger partial charge in [0.15, 0.2) is 0 Å². The molecule has 0 unspecified atom stereocenters. The van der Waals surface area contributed by atoms with Gasteiger partial charge < -0.3 is 5.73 Å². The van der Waals surface area contributed by atoms with Crippen molar-refractivity contribution < 1.29 is 0 Å². The van der Waals surface area contributed by atoms with Gasteiger partial charge in [-0.05, 0) is 0 Å². The third-order valence-electron chi connectivity index (χ3n) is 2.80. The van der Waals surface area contributed by atoms with Crippen LogP contribution < -0.4 is 5.73 Å². The summed E-state index contributed by atoms with van der Waals surface area (Å²) in [7, 11) is 1.89. The van der Waals surface area contributed by atoms with Crippen molar-refractivity contribution >= 4 is 16.5 Å². The van der Waals surface area contributed by atoms with E-state index in [1.807, 2.05) is 43.7 Å². The summed E-state index contributed by atoms with van der Waals surface area (Å²) in [6.07, 6.45) is 5.46. The van der Waals surface area contributed by atoms with E-state index < -0.39 is 0 Å². The molecule has 0 aliphatic heterocycles. The van der Waals surface area contributed by atoms with Gasteiger partial charge in [-0.1, -0.05) is 24.3 Å². The second-order valence-corrected chi connectivity index (χ2v) is 4.01. The van der Waals surface area contributed by atoms with E-state index in [0.717, 1.165) is 22.0 Å². The van der Waals surface area contributed by atoms with Crippen LogP contribution >= 0.6 is 0 Å². The van der Waals surface area contributed by atoms with Crippen LogP contribution in [0.15, 0.2) is 42.9 Å². The molecule has 84 valence electrons. The number of aromatic nitrogens is 3. The lowest BCUT2D eigenvalue weighted by Crippen LogP contribution is -1.92. The molecule has 3 aromatic rings. The number of aryl methyl sites for hydroxylation is 1. The molecule has 17 heavy (non-hydrogen) atoms. The number of anilines is 1. The van der Waals surface area contributed by atoms with Crippen LogP contribution in [0.3, 0.4) is 0 Å². The summed E-state index contributed by atoms with van der Waals surface area (Å²) in [5.74, 6) is 0. The normalized spacial score (nSPS) is 10.9. The maximum absolute atomic E-state index is 5.93. The van der Waals surface area contributed by atoms with Crippen molar-refractivity contribution in [2.75, 3.05) is 5.73 Å². The van der Waals surface area contributed by atoms with E-state index in [1.165, 1.54) is 0 Å². The second-order valence-electron chi connectivity index (χ2n) is 4.01. The molecule has 4 heteroatoms. The fraction of sp³-hybridized carbons (Fsp3) is 0.0769. The summed E-state index contributed by atoms with van der Waals surface area (Å²) in [5, 5.41) is 6.25. The van der Waals surface area contributed by atoms with Crippen molar-refractivity contribution in [1.29, 1.82) is 0 Å². The largest absolute Gasteiger partial charge is 0.397 e. The Balaban J connectivity index is 2.34. The van der Waals surface area contributed by atoms with E-state index in [4.69, 9.17) is 5.73 Å². The molecule has 0 radical (unpaired) electrons. The van der Waals surface area contributed by atoms with E-state index in [2.05, 4.69) is 10.1 Å². The van der Waals surface area contributed by atoms with Crippen molar-refractivity contribution in [3.05, 3.63) is 42.9 Å². The third kappa shape index (κ3) is 1.54. The maximum Gasteiger partial charge on any atom is 0.0813 e. The van der Waals surface area contributed by atoms with Crippen molar-refractivity contribution in [2.24, 2.45) is 7.05 Å². The SMILES string of the molecule is Cn1cc(-c2ncc(N)c3ccccc23)cn1. The Morgan fingerprint density at radius 3 is 2.59 bits per heavy atom. The highest BCUT2D eigenvalue weighted by atomic mass is 15.2. The van der Waals surface area contributed by atoms with Crippen molar-refractivity contribution in [1.82, 2.24) is 14.8 Å². The average Bonchev–Trinajstić information content (AvgIpc) is 2.77. The number of nitrogen functional groups attached to an aromatic ring is 1. The average molecular weight is 224 g/mol. The molecule has 0 aliphatic rings. The molecule has 0 aliphatic carbocycles. The fourth-order valence-electron chi connectivity index (χ4n) is 1.99. The van der Waals surface area contributed by atoms with Gasteiger partial charge in [0.05, 0.1) is 23.8 Å². The first-order valence-electron chi connectivity index (χ1n) is 5.38. The molecule has 0 atom stereocenters. The van der Waals surface area contributed by atoms with Gasteiger partial charge in [-0.3, -0.25) is 9.67 Å². The Kier molecular flexibility index (Phi) is 2.08. The summed E-state index contributed by atoms with van der Waals surface area (Å²) >= 11 is 0. The number of fused-ring (bicyclic) bond motifs is 1. The van der Waals surface area contributed by atoms with Crippen LogP contribution in [-0.2, 0) is 7.05 Å². The van der Waals surface area contributed by atoms with Gasteiger partial charge in [0.25, 0.3) is 0 Å². The van der Waals surface area contributed by atoms with Crippen LogP contribution in [-0.4, -0.2) is 14.8 Å². The smallest absolute Gasteiger partial charge is 0.0813 e. The Hall–Kier alpha value is -2.36. The lowest BCUT2D eigenvalue weighted by atomic mass is 10.1. The monoisotopic (exact) mass is 224 g/mol. The van der Waals surface area contributed by atoms with Crippen LogP contribution in [0.1, 0.15) is 0 Å². The van der Waals surface area contributed by atoms with Gasteiger partial charge in [-0.25, -0.2) is 0 Å². The predicted octanol–water partition coefficient (Wildman–Crippen LogP) is 2.22. The molecular formula is C13H12N4. The van der Waals surface area contributed by atoms with Gasteiger partial charge in [0.1, 0.15) is 0 Å². The third-order valence-corrected chi connectivity index (χ3v) is 2.80. The number of nitrogens with zero attached hydrogens (tertiary/aromatic N) is 3. The minimum atomic E-state index is 0.702. The molecule has 0 saturated carbocycles. The van der Waals surface area contributed by atoms with Crippen molar-refractivity contribution in [2.45, 2.75) is 0 Å². The van der Waals surface area contributed by atoms with E-state index >= 15 is 0 Å². The molecule has 3 rings (SSSR count). The van der Waals surface area contributed by atoms with E-state index in [-0.39, 0.29) is 0 Å². The zero-order chi connectivity index (χ0) is 11.8. The van der Waals surface area contributed by atoms with Crippen molar-refractivity contribution in [3.63, 3.8) is 0 Å². The number of hydrogen-bond donors (Lipinski definition) is 1. The van der Waals surface area contributed by atoms with Gasteiger partial charge in [-0.2, -0.15) is 5.10 Å². The zero-order valence-electron chi connectivity index (χ0n) is 9.46. The second kappa shape index (κ2) is 3.59. The highest BCUT2D eigenvalue weighted by Gasteiger charge is 2.08. The molecule has 1 aromatic carbocycles. The molecule has 0 spiro atoms. The minimum absolute atomic E-state index is 0.702. The van der Waals surface area contributed by atoms with Gasteiger partial charge in [-0.15, -0.1) is 0 Å². The molecule has 0 fully saturated rings. The van der Waals surface area contributed by atoms with Crippen LogP contribution in [0.25, 0.3) is 22.0 Å². The topological polar surface area (TPSA) is 56.7 Å². The number of hydrogen-bond acceptors (Lipinski definition) is 3. The van der Waals surface area contributed by atoms with Gasteiger partial charge in [0.2, 0.25) is 0 Å². The Labute approximate surface area is 98.7 Å². The highest BCUT2D eigenvalue weighted by Crippen LogP contribution is 2.29. The lowest BCUT2D eigenvalue weighted by molar-refractivity contribution is 0.768. The molecule has 2 N–H and O–H groups in total. The molecule has 0 bridgehead atoms. The van der Waals surface area contributed by atoms with E-state index in [1.54, 1.807) is 10.9 Å².